The van der Waals surface area contributed by atoms with Gasteiger partial charge in [0.05, 0.1) is 0 Å². The van der Waals surface area contributed by atoms with Crippen molar-refractivity contribution in [2.24, 2.45) is 11.3 Å². The number of rotatable bonds is 6. The molecule has 1 N–H and O–H groups in total. The van der Waals surface area contributed by atoms with Crippen LogP contribution >= 0.6 is 0 Å². The molecule has 1 saturated carbocycles. The van der Waals surface area contributed by atoms with Crippen LogP contribution in [0.5, 0.6) is 0 Å². The molecule has 1 aromatic rings. The molecule has 0 spiro atoms. The zero-order chi connectivity index (χ0) is 12.3. The number of benzene rings is 1. The van der Waals surface area contributed by atoms with Crippen LogP contribution in [0.1, 0.15) is 37.8 Å². The van der Waals surface area contributed by atoms with Gasteiger partial charge in [-0.15, -0.1) is 0 Å². The highest BCUT2D eigenvalue weighted by molar-refractivity contribution is 5.25. The largest absolute Gasteiger partial charge is 0.319 e. The Balaban J connectivity index is 1.94. The lowest BCUT2D eigenvalue weighted by molar-refractivity contribution is 0.478. The molecule has 94 valence electrons. The Hall–Kier alpha value is -0.820. The minimum absolute atomic E-state index is 0.578. The highest BCUT2D eigenvalue weighted by Crippen LogP contribution is 2.47. The lowest BCUT2D eigenvalue weighted by Gasteiger charge is -2.15. The van der Waals surface area contributed by atoms with Crippen molar-refractivity contribution in [1.29, 1.82) is 0 Å². The zero-order valence-electron chi connectivity index (χ0n) is 11.4. The predicted octanol–water partition coefficient (Wildman–Crippen LogP) is 3.43. The summed E-state index contributed by atoms with van der Waals surface area (Å²) in [7, 11) is 2.06. The summed E-state index contributed by atoms with van der Waals surface area (Å²) >= 11 is 0. The molecule has 1 fully saturated rings. The summed E-state index contributed by atoms with van der Waals surface area (Å²) in [6.07, 6.45) is 5.22. The van der Waals surface area contributed by atoms with Crippen molar-refractivity contribution in [3.63, 3.8) is 0 Å². The number of hydrogen-bond donors (Lipinski definition) is 1. The van der Waals surface area contributed by atoms with Crippen LogP contribution in [0.2, 0.25) is 0 Å². The van der Waals surface area contributed by atoms with Gasteiger partial charge in [0.2, 0.25) is 0 Å². The molecular weight excluding hydrogens is 206 g/mol. The topological polar surface area (TPSA) is 12.0 Å². The van der Waals surface area contributed by atoms with Crippen LogP contribution in [0.25, 0.3) is 0 Å². The summed E-state index contributed by atoms with van der Waals surface area (Å²) in [5.41, 5.74) is 3.56. The van der Waals surface area contributed by atoms with E-state index in [1.54, 1.807) is 0 Å². The van der Waals surface area contributed by atoms with E-state index in [1.165, 1.54) is 43.4 Å². The van der Waals surface area contributed by atoms with Gasteiger partial charge in [-0.3, -0.25) is 0 Å². The van der Waals surface area contributed by atoms with Crippen molar-refractivity contribution < 1.29 is 0 Å². The monoisotopic (exact) mass is 231 g/mol. The first-order valence-electron chi connectivity index (χ1n) is 6.86. The lowest BCUT2D eigenvalue weighted by Crippen LogP contribution is -2.21. The molecule has 0 aliphatic heterocycles. The molecule has 1 aliphatic carbocycles. The van der Waals surface area contributed by atoms with Gasteiger partial charge in [0, 0.05) is 6.54 Å². The van der Waals surface area contributed by atoms with Gasteiger partial charge in [-0.2, -0.15) is 0 Å². The van der Waals surface area contributed by atoms with E-state index in [0.29, 0.717) is 5.41 Å². The molecule has 1 aromatic carbocycles. The third-order valence-corrected chi connectivity index (χ3v) is 3.75. The Bertz CT molecular complexity index is 346. The Morgan fingerprint density at radius 2 is 1.71 bits per heavy atom. The van der Waals surface area contributed by atoms with E-state index in [4.69, 9.17) is 0 Å². The number of nitrogens with one attached hydrogen (secondary N) is 1. The first-order valence-corrected chi connectivity index (χ1v) is 6.86. The van der Waals surface area contributed by atoms with Gasteiger partial charge in [0.15, 0.2) is 0 Å². The van der Waals surface area contributed by atoms with Crippen molar-refractivity contribution >= 4 is 0 Å². The molecule has 1 heteroatoms. The van der Waals surface area contributed by atoms with Crippen LogP contribution < -0.4 is 5.32 Å². The molecular formula is C16H25N. The standard InChI is InChI=1S/C16H25N/c1-13(2)10-14-4-6-15(7-5-14)11-16(8-9-16)12-17-3/h4-7,13,17H,8-12H2,1-3H3. The van der Waals surface area contributed by atoms with Gasteiger partial charge >= 0.3 is 0 Å². The molecule has 0 unspecified atom stereocenters. The zero-order valence-corrected chi connectivity index (χ0v) is 11.4. The molecule has 1 aliphatic rings. The van der Waals surface area contributed by atoms with Crippen LogP contribution in [-0.4, -0.2) is 13.6 Å². The molecule has 0 bridgehead atoms. The highest BCUT2D eigenvalue weighted by atomic mass is 14.8. The molecule has 0 radical (unpaired) electrons. The molecule has 0 saturated heterocycles. The van der Waals surface area contributed by atoms with E-state index in [-0.39, 0.29) is 0 Å². The summed E-state index contributed by atoms with van der Waals surface area (Å²) in [6, 6.07) is 9.27. The van der Waals surface area contributed by atoms with Gasteiger partial charge in [-0.1, -0.05) is 38.1 Å². The average Bonchev–Trinajstić information content (AvgIpc) is 3.01. The van der Waals surface area contributed by atoms with Crippen molar-refractivity contribution in [2.45, 2.75) is 39.5 Å². The minimum Gasteiger partial charge on any atom is -0.319 e. The molecule has 1 nitrogen and oxygen atoms in total. The van der Waals surface area contributed by atoms with Crippen LogP contribution in [0.15, 0.2) is 24.3 Å². The molecule has 0 aromatic heterocycles. The summed E-state index contributed by atoms with van der Waals surface area (Å²) in [4.78, 5) is 0. The van der Waals surface area contributed by atoms with E-state index in [1.807, 2.05) is 0 Å². The Kier molecular flexibility index (Phi) is 3.88. The molecule has 2 rings (SSSR count). The third kappa shape index (κ3) is 3.57. The smallest absolute Gasteiger partial charge is 0.000800 e. The second-order valence-corrected chi connectivity index (χ2v) is 6.12. The van der Waals surface area contributed by atoms with Gasteiger partial charge < -0.3 is 5.32 Å². The molecule has 17 heavy (non-hydrogen) atoms. The molecule has 0 amide bonds. The summed E-state index contributed by atoms with van der Waals surface area (Å²) in [5, 5.41) is 3.33. The van der Waals surface area contributed by atoms with Crippen molar-refractivity contribution in [3.8, 4) is 0 Å². The fraction of sp³-hybridized carbons (Fsp3) is 0.625. The molecule has 0 atom stereocenters. The van der Waals surface area contributed by atoms with E-state index in [9.17, 15) is 0 Å². The third-order valence-electron chi connectivity index (χ3n) is 3.75. The Morgan fingerprint density at radius 1 is 1.12 bits per heavy atom. The fourth-order valence-electron chi connectivity index (χ4n) is 2.67. The first kappa shape index (κ1) is 12.6. The summed E-state index contributed by atoms with van der Waals surface area (Å²) in [6.45, 7) is 5.72. The van der Waals surface area contributed by atoms with Crippen LogP contribution in [0.3, 0.4) is 0 Å². The fourth-order valence-corrected chi connectivity index (χ4v) is 2.67. The van der Waals surface area contributed by atoms with Crippen molar-refractivity contribution in [3.05, 3.63) is 35.4 Å². The number of hydrogen-bond acceptors (Lipinski definition) is 1. The Labute approximate surface area is 106 Å². The van der Waals surface area contributed by atoms with E-state index in [0.717, 1.165) is 5.92 Å². The average molecular weight is 231 g/mol. The van der Waals surface area contributed by atoms with Crippen LogP contribution in [0.4, 0.5) is 0 Å². The second-order valence-electron chi connectivity index (χ2n) is 6.12. The predicted molar refractivity (Wildman–Crippen MR) is 74.3 cm³/mol. The van der Waals surface area contributed by atoms with Crippen molar-refractivity contribution in [1.82, 2.24) is 5.32 Å². The van der Waals surface area contributed by atoms with Crippen LogP contribution in [0, 0.1) is 11.3 Å². The lowest BCUT2D eigenvalue weighted by atomic mass is 9.94. The van der Waals surface area contributed by atoms with Crippen LogP contribution in [-0.2, 0) is 12.8 Å². The SMILES string of the molecule is CNCC1(Cc2ccc(CC(C)C)cc2)CC1. The van der Waals surface area contributed by atoms with Gasteiger partial charge in [-0.05, 0) is 55.2 Å². The van der Waals surface area contributed by atoms with E-state index < -0.39 is 0 Å². The maximum absolute atomic E-state index is 3.33. The normalized spacial score (nSPS) is 17.4. The quantitative estimate of drug-likeness (QED) is 0.791. The summed E-state index contributed by atoms with van der Waals surface area (Å²) in [5.74, 6) is 0.750. The van der Waals surface area contributed by atoms with Gasteiger partial charge in [0.1, 0.15) is 0 Å². The second kappa shape index (κ2) is 5.22. The highest BCUT2D eigenvalue weighted by Gasteiger charge is 2.41. The van der Waals surface area contributed by atoms with E-state index >= 15 is 0 Å². The van der Waals surface area contributed by atoms with Gasteiger partial charge in [0.25, 0.3) is 0 Å². The van der Waals surface area contributed by atoms with E-state index in [2.05, 4.69) is 50.5 Å². The van der Waals surface area contributed by atoms with Crippen molar-refractivity contribution in [2.75, 3.05) is 13.6 Å². The minimum atomic E-state index is 0.578. The summed E-state index contributed by atoms with van der Waals surface area (Å²) < 4.78 is 0. The maximum atomic E-state index is 3.33. The maximum Gasteiger partial charge on any atom is 0.000800 e. The molecule has 0 heterocycles. The van der Waals surface area contributed by atoms with Gasteiger partial charge in [-0.25, -0.2) is 0 Å². The Morgan fingerprint density at radius 3 is 2.18 bits per heavy atom. The first-order chi connectivity index (χ1) is 8.13.